The highest BCUT2D eigenvalue weighted by Crippen LogP contribution is 2.31. The van der Waals surface area contributed by atoms with E-state index in [0.717, 1.165) is 38.0 Å². The first-order chi connectivity index (χ1) is 17.6. The number of hydrogen-bond donors (Lipinski definition) is 1. The van der Waals surface area contributed by atoms with Gasteiger partial charge >= 0.3 is 0 Å². The fraction of sp³-hybridized carbons (Fsp3) is 0.385. The van der Waals surface area contributed by atoms with Crippen LogP contribution in [0, 0.1) is 0 Å². The zero-order chi connectivity index (χ0) is 26.6. The second-order valence-electron chi connectivity index (χ2n) is 8.88. The Kier molecular flexibility index (Phi) is 8.48. The second kappa shape index (κ2) is 11.6. The van der Waals surface area contributed by atoms with E-state index in [2.05, 4.69) is 22.1 Å². The number of methoxy groups -OCH3 is 1. The topological polar surface area (TPSA) is 107 Å². The number of nitrogens with one attached hydrogen (secondary N) is 1. The first kappa shape index (κ1) is 27.1. The molecule has 1 unspecified atom stereocenters. The first-order valence-electron chi connectivity index (χ1n) is 12.0. The minimum Gasteiger partial charge on any atom is -0.488 e. The zero-order valence-electron chi connectivity index (χ0n) is 21.3. The molecule has 9 nitrogen and oxygen atoms in total. The van der Waals surface area contributed by atoms with Crippen LogP contribution in [0.5, 0.6) is 17.2 Å². The molecule has 0 saturated carbocycles. The largest absolute Gasteiger partial charge is 0.488 e. The van der Waals surface area contributed by atoms with Crippen LogP contribution in [0.1, 0.15) is 34.8 Å². The molecule has 1 aromatic heterocycles. The van der Waals surface area contributed by atoms with Crippen LogP contribution < -0.4 is 14.8 Å². The lowest BCUT2D eigenvalue weighted by atomic mass is 10.2. The highest BCUT2D eigenvalue weighted by Gasteiger charge is 2.21. The lowest BCUT2D eigenvalue weighted by molar-refractivity contribution is 0.0916. The van der Waals surface area contributed by atoms with Crippen molar-refractivity contribution in [3.8, 4) is 17.2 Å². The SMILES string of the molecule is CCN1CCc2nc(NC(=O)c3cc(Oc4ccc(S(C)(=O)=O)cc4)cc(OC(C)COC)c3)sc2C1. The number of sulfone groups is 1. The van der Waals surface area contributed by atoms with E-state index in [1.54, 1.807) is 37.4 Å². The van der Waals surface area contributed by atoms with Crippen molar-refractivity contribution in [3.63, 3.8) is 0 Å². The summed E-state index contributed by atoms with van der Waals surface area (Å²) in [5.41, 5.74) is 1.38. The number of amides is 1. The molecule has 3 aromatic rings. The van der Waals surface area contributed by atoms with Crippen LogP contribution in [-0.2, 0) is 27.5 Å². The van der Waals surface area contributed by atoms with E-state index in [4.69, 9.17) is 14.2 Å². The van der Waals surface area contributed by atoms with Crippen molar-refractivity contribution in [2.24, 2.45) is 0 Å². The number of thiazole rings is 1. The molecule has 1 atom stereocenters. The van der Waals surface area contributed by atoms with Gasteiger partial charge in [-0.3, -0.25) is 15.0 Å². The Bertz CT molecular complexity index is 1360. The number of hydrogen-bond acceptors (Lipinski definition) is 9. The number of benzene rings is 2. The summed E-state index contributed by atoms with van der Waals surface area (Å²) in [7, 11) is -1.73. The molecule has 0 saturated heterocycles. The van der Waals surface area contributed by atoms with Gasteiger partial charge in [0.15, 0.2) is 15.0 Å². The molecular formula is C26H31N3O6S2. The standard InChI is InChI=1S/C26H31N3O6S2/c1-5-29-11-10-23-24(15-29)36-26(27-23)28-25(30)18-12-20(34-17(2)16-33-3)14-21(13-18)35-19-6-8-22(9-7-19)37(4,31)32/h6-9,12-14,17H,5,10-11,15-16H2,1-4H3,(H,27,28,30). The molecule has 0 spiro atoms. The Hall–Kier alpha value is -2.99. The lowest BCUT2D eigenvalue weighted by Crippen LogP contribution is -2.29. The zero-order valence-corrected chi connectivity index (χ0v) is 22.9. The number of fused-ring (bicyclic) bond motifs is 1. The number of carbonyl (C=O) groups excluding carboxylic acids is 1. The molecule has 198 valence electrons. The number of ether oxygens (including phenoxy) is 3. The minimum atomic E-state index is -3.32. The summed E-state index contributed by atoms with van der Waals surface area (Å²) in [4.78, 5) is 21.6. The van der Waals surface area contributed by atoms with Crippen molar-refractivity contribution in [2.45, 2.75) is 37.8 Å². The van der Waals surface area contributed by atoms with E-state index in [1.165, 1.54) is 28.3 Å². The molecule has 1 N–H and O–H groups in total. The Balaban J connectivity index is 1.57. The van der Waals surface area contributed by atoms with E-state index in [-0.39, 0.29) is 16.9 Å². The van der Waals surface area contributed by atoms with Crippen LogP contribution in [0.4, 0.5) is 5.13 Å². The molecule has 0 radical (unpaired) electrons. The number of carbonyl (C=O) groups is 1. The molecule has 1 aliphatic rings. The third-order valence-corrected chi connectivity index (χ3v) is 7.97. The van der Waals surface area contributed by atoms with E-state index < -0.39 is 9.84 Å². The maximum absolute atomic E-state index is 13.2. The third kappa shape index (κ3) is 7.07. The Labute approximate surface area is 221 Å². The van der Waals surface area contributed by atoms with E-state index in [1.807, 2.05) is 6.92 Å². The van der Waals surface area contributed by atoms with Crippen molar-refractivity contribution >= 4 is 32.2 Å². The van der Waals surface area contributed by atoms with E-state index in [9.17, 15) is 13.2 Å². The number of aromatic nitrogens is 1. The van der Waals surface area contributed by atoms with Crippen LogP contribution in [0.3, 0.4) is 0 Å². The Morgan fingerprint density at radius 2 is 1.89 bits per heavy atom. The van der Waals surface area contributed by atoms with Gasteiger partial charge in [0, 0.05) is 49.4 Å². The summed E-state index contributed by atoms with van der Waals surface area (Å²) in [5, 5.41) is 3.48. The van der Waals surface area contributed by atoms with Crippen LogP contribution in [0.2, 0.25) is 0 Å². The fourth-order valence-electron chi connectivity index (χ4n) is 3.96. The van der Waals surface area contributed by atoms with Crippen molar-refractivity contribution in [1.29, 1.82) is 0 Å². The summed E-state index contributed by atoms with van der Waals surface area (Å²) >= 11 is 1.50. The molecule has 0 aliphatic carbocycles. The smallest absolute Gasteiger partial charge is 0.257 e. The molecule has 37 heavy (non-hydrogen) atoms. The molecule has 2 aromatic carbocycles. The maximum atomic E-state index is 13.2. The van der Waals surface area contributed by atoms with Gasteiger partial charge in [-0.05, 0) is 49.9 Å². The van der Waals surface area contributed by atoms with Gasteiger partial charge in [-0.25, -0.2) is 13.4 Å². The highest BCUT2D eigenvalue weighted by atomic mass is 32.2. The van der Waals surface area contributed by atoms with Gasteiger partial charge in [0.2, 0.25) is 0 Å². The average molecular weight is 546 g/mol. The van der Waals surface area contributed by atoms with Crippen LogP contribution >= 0.6 is 11.3 Å². The average Bonchev–Trinajstić information content (AvgIpc) is 3.25. The van der Waals surface area contributed by atoms with Gasteiger partial charge < -0.3 is 14.2 Å². The van der Waals surface area contributed by atoms with Gasteiger partial charge in [0.05, 0.1) is 17.2 Å². The van der Waals surface area contributed by atoms with Crippen LogP contribution in [-0.4, -0.2) is 63.4 Å². The summed E-state index contributed by atoms with van der Waals surface area (Å²) in [6, 6.07) is 11.0. The van der Waals surface area contributed by atoms with Gasteiger partial charge in [-0.2, -0.15) is 0 Å². The number of likely N-dealkylation sites (N-methyl/N-ethyl adjacent to an activating group) is 1. The molecule has 0 bridgehead atoms. The molecule has 2 heterocycles. The number of rotatable bonds is 10. The Morgan fingerprint density at radius 3 is 2.57 bits per heavy atom. The molecule has 11 heteroatoms. The van der Waals surface area contributed by atoms with Gasteiger partial charge in [0.25, 0.3) is 5.91 Å². The molecule has 0 fully saturated rings. The third-order valence-electron chi connectivity index (χ3n) is 5.85. The monoisotopic (exact) mass is 545 g/mol. The van der Waals surface area contributed by atoms with Crippen molar-refractivity contribution in [2.75, 3.05) is 38.4 Å². The van der Waals surface area contributed by atoms with E-state index in [0.29, 0.717) is 34.6 Å². The predicted octanol–water partition coefficient (Wildman–Crippen LogP) is 4.38. The minimum absolute atomic E-state index is 0.193. The highest BCUT2D eigenvalue weighted by molar-refractivity contribution is 7.90. The quantitative estimate of drug-likeness (QED) is 0.400. The fourth-order valence-corrected chi connectivity index (χ4v) is 5.64. The van der Waals surface area contributed by atoms with E-state index >= 15 is 0 Å². The molecule has 4 rings (SSSR count). The number of anilines is 1. The van der Waals surface area contributed by atoms with Gasteiger partial charge in [0.1, 0.15) is 23.4 Å². The van der Waals surface area contributed by atoms with Crippen molar-refractivity contribution < 1.29 is 27.4 Å². The van der Waals surface area contributed by atoms with Gasteiger partial charge in [-0.1, -0.05) is 6.92 Å². The molecule has 1 aliphatic heterocycles. The van der Waals surface area contributed by atoms with Gasteiger partial charge in [-0.15, -0.1) is 11.3 Å². The van der Waals surface area contributed by atoms with Crippen LogP contribution in [0.25, 0.3) is 0 Å². The lowest BCUT2D eigenvalue weighted by Gasteiger charge is -2.23. The maximum Gasteiger partial charge on any atom is 0.257 e. The molecule has 1 amide bonds. The summed E-state index contributed by atoms with van der Waals surface area (Å²) in [6.07, 6.45) is 1.76. The number of nitrogens with zero attached hydrogens (tertiary/aromatic N) is 2. The van der Waals surface area contributed by atoms with Crippen LogP contribution in [0.15, 0.2) is 47.4 Å². The first-order valence-corrected chi connectivity index (χ1v) is 14.7. The summed E-state index contributed by atoms with van der Waals surface area (Å²) < 4.78 is 40.6. The molecular weight excluding hydrogens is 514 g/mol. The normalized spacial score (nSPS) is 14.6. The van der Waals surface area contributed by atoms with Crippen molar-refractivity contribution in [3.05, 3.63) is 58.6 Å². The Morgan fingerprint density at radius 1 is 1.16 bits per heavy atom. The summed E-state index contributed by atoms with van der Waals surface area (Å²) in [6.45, 7) is 7.16. The van der Waals surface area contributed by atoms with Crippen molar-refractivity contribution in [1.82, 2.24) is 9.88 Å². The second-order valence-corrected chi connectivity index (χ2v) is 12.0. The summed E-state index contributed by atoms with van der Waals surface area (Å²) in [5.74, 6) is 0.905. The predicted molar refractivity (Wildman–Crippen MR) is 143 cm³/mol.